The molecule has 0 radical (unpaired) electrons. The van der Waals surface area contributed by atoms with E-state index in [2.05, 4.69) is 5.32 Å². The summed E-state index contributed by atoms with van der Waals surface area (Å²) < 4.78 is 31.1. The average molecular weight is 421 g/mol. The van der Waals surface area contributed by atoms with E-state index in [0.717, 1.165) is 27.8 Å². The Morgan fingerprint density at radius 3 is 2.24 bits per heavy atom. The number of rotatable bonds is 7. The van der Waals surface area contributed by atoms with Gasteiger partial charge in [0.1, 0.15) is 11.8 Å². The van der Waals surface area contributed by atoms with Gasteiger partial charge in [-0.25, -0.2) is 8.42 Å². The number of hydrogen-bond donors (Lipinski definition) is 1. The van der Waals surface area contributed by atoms with Crippen molar-refractivity contribution in [2.45, 2.75) is 26.8 Å². The molecule has 29 heavy (non-hydrogen) atoms. The van der Waals surface area contributed by atoms with Crippen LogP contribution in [0.15, 0.2) is 36.4 Å². The summed E-state index contributed by atoms with van der Waals surface area (Å²) in [5, 5.41) is 13.6. The molecular weight excluding hydrogens is 398 g/mol. The zero-order valence-corrected chi connectivity index (χ0v) is 17.6. The number of nitrogens with zero attached hydrogens (tertiary/aromatic N) is 2. The van der Waals surface area contributed by atoms with Gasteiger partial charge in [-0.15, -0.1) is 0 Å². The lowest BCUT2D eigenvalue weighted by atomic mass is 10.1. The molecule has 0 aliphatic carbocycles. The van der Waals surface area contributed by atoms with Crippen molar-refractivity contribution in [2.75, 3.05) is 23.0 Å². The first-order valence-electron chi connectivity index (χ1n) is 8.65. The van der Waals surface area contributed by atoms with Gasteiger partial charge in [0.2, 0.25) is 15.9 Å². The van der Waals surface area contributed by atoms with Gasteiger partial charge in [-0.3, -0.25) is 19.2 Å². The number of nitro benzene ring substituents is 1. The van der Waals surface area contributed by atoms with E-state index in [9.17, 15) is 23.3 Å². The molecule has 0 spiro atoms. The summed E-state index contributed by atoms with van der Waals surface area (Å²) in [5.74, 6) is -0.443. The van der Waals surface area contributed by atoms with E-state index >= 15 is 0 Å². The molecule has 9 nitrogen and oxygen atoms in total. The van der Waals surface area contributed by atoms with Gasteiger partial charge in [0, 0.05) is 12.1 Å². The molecule has 0 heterocycles. The minimum atomic E-state index is -3.79. The van der Waals surface area contributed by atoms with Crippen molar-refractivity contribution >= 4 is 33.0 Å². The van der Waals surface area contributed by atoms with Gasteiger partial charge < -0.3 is 10.1 Å². The lowest BCUT2D eigenvalue weighted by Gasteiger charge is -2.29. The van der Waals surface area contributed by atoms with Gasteiger partial charge >= 0.3 is 0 Å². The molecule has 2 aromatic carbocycles. The van der Waals surface area contributed by atoms with Gasteiger partial charge in [-0.05, 0) is 50.1 Å². The van der Waals surface area contributed by atoms with Crippen molar-refractivity contribution in [1.82, 2.24) is 0 Å². The highest BCUT2D eigenvalue weighted by Gasteiger charge is 2.30. The Bertz CT molecular complexity index is 1030. The maximum absolute atomic E-state index is 12.9. The third kappa shape index (κ3) is 5.23. The third-order valence-electron chi connectivity index (χ3n) is 4.20. The first-order chi connectivity index (χ1) is 13.4. The van der Waals surface area contributed by atoms with Crippen LogP contribution in [-0.4, -0.2) is 38.7 Å². The number of carbonyl (C=O) groups excluding carboxylic acids is 1. The van der Waals surface area contributed by atoms with E-state index in [4.69, 9.17) is 4.74 Å². The van der Waals surface area contributed by atoms with E-state index in [1.807, 2.05) is 19.9 Å². The van der Waals surface area contributed by atoms with Gasteiger partial charge in [0.25, 0.3) is 5.69 Å². The summed E-state index contributed by atoms with van der Waals surface area (Å²) >= 11 is 0. The predicted molar refractivity (Wildman–Crippen MR) is 111 cm³/mol. The number of amides is 1. The first-order valence-corrected chi connectivity index (χ1v) is 10.5. The number of aryl methyl sites for hydroxylation is 2. The van der Waals surface area contributed by atoms with Crippen molar-refractivity contribution in [3.63, 3.8) is 0 Å². The van der Waals surface area contributed by atoms with Gasteiger partial charge in [-0.1, -0.05) is 6.07 Å². The predicted octanol–water partition coefficient (Wildman–Crippen LogP) is 3.01. The largest absolute Gasteiger partial charge is 0.495 e. The SMILES string of the molecule is COc1ccc([N+](=O)[O-])cc1NC(=O)[C@H](C)N(c1cc(C)cc(C)c1)S(C)(=O)=O. The van der Waals surface area contributed by atoms with Crippen molar-refractivity contribution in [3.8, 4) is 5.75 Å². The van der Waals surface area contributed by atoms with E-state index in [1.54, 1.807) is 12.1 Å². The standard InChI is InChI=1S/C19H23N3O6S/c1-12-8-13(2)10-16(9-12)21(29(5,26)27)14(3)19(23)20-17-11-15(22(24)25)6-7-18(17)28-4/h6-11,14H,1-5H3,(H,20,23)/t14-/m0/s1. The Labute approximate surface area is 169 Å². The van der Waals surface area contributed by atoms with Crippen LogP contribution in [0.2, 0.25) is 0 Å². The molecule has 2 rings (SSSR count). The highest BCUT2D eigenvalue weighted by molar-refractivity contribution is 7.92. The van der Waals surface area contributed by atoms with Crippen molar-refractivity contribution in [1.29, 1.82) is 0 Å². The summed E-state index contributed by atoms with van der Waals surface area (Å²) in [6, 6.07) is 7.88. The second kappa shape index (κ2) is 8.48. The Kier molecular flexibility index (Phi) is 6.48. The number of ether oxygens (including phenoxy) is 1. The van der Waals surface area contributed by atoms with E-state index in [1.165, 1.54) is 26.2 Å². The number of anilines is 2. The number of methoxy groups -OCH3 is 1. The molecule has 0 aliphatic heterocycles. The molecule has 0 aromatic heterocycles. The minimum Gasteiger partial charge on any atom is -0.495 e. The van der Waals surface area contributed by atoms with Crippen LogP contribution in [-0.2, 0) is 14.8 Å². The van der Waals surface area contributed by atoms with Crippen LogP contribution in [0.5, 0.6) is 5.75 Å². The minimum absolute atomic E-state index is 0.0763. The summed E-state index contributed by atoms with van der Waals surface area (Å²) in [6.07, 6.45) is 1.02. The lowest BCUT2D eigenvalue weighted by molar-refractivity contribution is -0.384. The Morgan fingerprint density at radius 1 is 1.17 bits per heavy atom. The van der Waals surface area contributed by atoms with Gasteiger partial charge in [0.05, 0.1) is 29.7 Å². The summed E-state index contributed by atoms with van der Waals surface area (Å²) in [7, 11) is -2.43. The Morgan fingerprint density at radius 2 is 1.76 bits per heavy atom. The zero-order valence-electron chi connectivity index (χ0n) is 16.8. The summed E-state index contributed by atoms with van der Waals surface area (Å²) in [6.45, 7) is 5.10. The number of hydrogen-bond acceptors (Lipinski definition) is 6. The van der Waals surface area contributed by atoms with Crippen LogP contribution >= 0.6 is 0 Å². The van der Waals surface area contributed by atoms with Crippen molar-refractivity contribution < 1.29 is 22.9 Å². The molecule has 0 saturated heterocycles. The average Bonchev–Trinajstić information content (AvgIpc) is 2.59. The fourth-order valence-electron chi connectivity index (χ4n) is 3.03. The number of nitrogens with one attached hydrogen (secondary N) is 1. The molecule has 0 aliphatic rings. The topological polar surface area (TPSA) is 119 Å². The fourth-order valence-corrected chi connectivity index (χ4v) is 4.19. The Balaban J connectivity index is 2.43. The van der Waals surface area contributed by atoms with Crippen LogP contribution < -0.4 is 14.4 Å². The maximum atomic E-state index is 12.9. The number of nitro groups is 1. The van der Waals surface area contributed by atoms with Crippen molar-refractivity contribution in [2.24, 2.45) is 0 Å². The number of benzene rings is 2. The highest BCUT2D eigenvalue weighted by Crippen LogP contribution is 2.30. The Hall–Kier alpha value is -3.14. The third-order valence-corrected chi connectivity index (χ3v) is 5.44. The van der Waals surface area contributed by atoms with Crippen LogP contribution in [0.3, 0.4) is 0 Å². The van der Waals surface area contributed by atoms with E-state index in [-0.39, 0.29) is 17.1 Å². The van der Waals surface area contributed by atoms with E-state index < -0.39 is 26.9 Å². The molecule has 1 atom stereocenters. The number of sulfonamides is 1. The summed E-state index contributed by atoms with van der Waals surface area (Å²) in [5.41, 5.74) is 1.90. The quantitative estimate of drug-likeness (QED) is 0.542. The second-order valence-corrected chi connectivity index (χ2v) is 8.57. The van der Waals surface area contributed by atoms with E-state index in [0.29, 0.717) is 5.69 Å². The molecule has 156 valence electrons. The fraction of sp³-hybridized carbons (Fsp3) is 0.316. The van der Waals surface area contributed by atoms with Crippen molar-refractivity contribution in [3.05, 3.63) is 57.6 Å². The molecule has 0 saturated carbocycles. The number of non-ortho nitro benzene ring substituents is 1. The molecule has 0 bridgehead atoms. The highest BCUT2D eigenvalue weighted by atomic mass is 32.2. The molecule has 1 amide bonds. The molecule has 10 heteroatoms. The second-order valence-electron chi connectivity index (χ2n) is 6.71. The smallest absolute Gasteiger partial charge is 0.271 e. The monoisotopic (exact) mass is 421 g/mol. The van der Waals surface area contributed by atoms with Crippen LogP contribution in [0.1, 0.15) is 18.1 Å². The van der Waals surface area contributed by atoms with Crippen LogP contribution in [0.4, 0.5) is 17.1 Å². The molecular formula is C19H23N3O6S. The first kappa shape index (κ1) is 22.2. The lowest BCUT2D eigenvalue weighted by Crippen LogP contribution is -2.45. The molecule has 2 aromatic rings. The molecule has 1 N–H and O–H groups in total. The molecule has 0 unspecified atom stereocenters. The van der Waals surface area contributed by atoms with Gasteiger partial charge in [0.15, 0.2) is 0 Å². The van der Waals surface area contributed by atoms with Crippen LogP contribution in [0, 0.1) is 24.0 Å². The molecule has 0 fully saturated rings. The normalized spacial score (nSPS) is 12.2. The van der Waals surface area contributed by atoms with Gasteiger partial charge in [-0.2, -0.15) is 0 Å². The summed E-state index contributed by atoms with van der Waals surface area (Å²) in [4.78, 5) is 23.3. The maximum Gasteiger partial charge on any atom is 0.271 e. The zero-order chi connectivity index (χ0) is 21.9. The number of carbonyl (C=O) groups is 1. The van der Waals surface area contributed by atoms with Crippen LogP contribution in [0.25, 0.3) is 0 Å².